The van der Waals surface area contributed by atoms with Crippen molar-refractivity contribution >= 4 is 6.09 Å². The van der Waals surface area contributed by atoms with Gasteiger partial charge in [0.1, 0.15) is 6.10 Å². The SMILES string of the molecule is O=C(OC1CCC1)N1CCC(c2noc(-c3ccc(=O)n(C4COC4)c3)n2)CC1. The van der Waals surface area contributed by atoms with Gasteiger partial charge in [-0.05, 0) is 38.2 Å². The maximum atomic E-state index is 12.2. The lowest BCUT2D eigenvalue weighted by atomic mass is 9.96. The van der Waals surface area contributed by atoms with Crippen molar-refractivity contribution in [2.24, 2.45) is 0 Å². The highest BCUT2D eigenvalue weighted by molar-refractivity contribution is 5.68. The van der Waals surface area contributed by atoms with Crippen molar-refractivity contribution < 1.29 is 18.8 Å². The Balaban J connectivity index is 1.23. The summed E-state index contributed by atoms with van der Waals surface area (Å²) in [7, 11) is 0. The van der Waals surface area contributed by atoms with Crippen LogP contribution in [0.15, 0.2) is 27.6 Å². The molecule has 5 rings (SSSR count). The van der Waals surface area contributed by atoms with Gasteiger partial charge in [0.2, 0.25) is 0 Å². The Morgan fingerprint density at radius 1 is 1.14 bits per heavy atom. The molecule has 0 aromatic carbocycles. The first-order valence-corrected chi connectivity index (χ1v) is 10.3. The second-order valence-electron chi connectivity index (χ2n) is 8.01. The molecule has 29 heavy (non-hydrogen) atoms. The maximum Gasteiger partial charge on any atom is 0.410 e. The molecule has 0 radical (unpaired) electrons. The van der Waals surface area contributed by atoms with Crippen molar-refractivity contribution in [1.82, 2.24) is 19.6 Å². The van der Waals surface area contributed by atoms with E-state index >= 15 is 0 Å². The fourth-order valence-electron chi connectivity index (χ4n) is 3.84. The van der Waals surface area contributed by atoms with Gasteiger partial charge < -0.3 is 23.5 Å². The Kier molecular flexibility index (Phi) is 4.83. The number of likely N-dealkylation sites (tertiary alicyclic amines) is 1. The number of carbonyl (C=O) groups is 1. The quantitative estimate of drug-likeness (QED) is 0.776. The number of aromatic nitrogens is 3. The highest BCUT2D eigenvalue weighted by Gasteiger charge is 2.30. The Hall–Kier alpha value is -2.68. The molecule has 2 aromatic rings. The summed E-state index contributed by atoms with van der Waals surface area (Å²) in [6, 6.07) is 3.28. The van der Waals surface area contributed by atoms with Gasteiger partial charge in [-0.1, -0.05) is 5.16 Å². The molecule has 4 heterocycles. The van der Waals surface area contributed by atoms with E-state index in [1.807, 2.05) is 0 Å². The molecule has 0 spiro atoms. The van der Waals surface area contributed by atoms with Crippen LogP contribution in [0.4, 0.5) is 4.79 Å². The lowest BCUT2D eigenvalue weighted by Gasteiger charge is -2.33. The number of carbonyl (C=O) groups excluding carboxylic acids is 1. The van der Waals surface area contributed by atoms with Crippen LogP contribution in [0.3, 0.4) is 0 Å². The fraction of sp³-hybridized carbons (Fsp3) is 0.600. The third-order valence-electron chi connectivity index (χ3n) is 6.08. The molecule has 0 unspecified atom stereocenters. The van der Waals surface area contributed by atoms with Crippen molar-refractivity contribution in [2.75, 3.05) is 26.3 Å². The molecular formula is C20H24N4O5. The van der Waals surface area contributed by atoms with Gasteiger partial charge in [-0.15, -0.1) is 0 Å². The van der Waals surface area contributed by atoms with Crippen LogP contribution in [0.2, 0.25) is 0 Å². The van der Waals surface area contributed by atoms with Gasteiger partial charge >= 0.3 is 6.09 Å². The third-order valence-corrected chi connectivity index (χ3v) is 6.08. The van der Waals surface area contributed by atoms with Gasteiger partial charge in [-0.3, -0.25) is 4.79 Å². The number of pyridine rings is 1. The summed E-state index contributed by atoms with van der Waals surface area (Å²) in [4.78, 5) is 30.6. The van der Waals surface area contributed by atoms with Gasteiger partial charge in [0.05, 0.1) is 24.8 Å². The molecule has 3 fully saturated rings. The van der Waals surface area contributed by atoms with E-state index in [1.165, 1.54) is 6.07 Å². The molecule has 154 valence electrons. The molecule has 1 amide bonds. The molecule has 2 saturated heterocycles. The zero-order chi connectivity index (χ0) is 19.8. The topological polar surface area (TPSA) is 99.7 Å². The second-order valence-corrected chi connectivity index (χ2v) is 8.01. The molecule has 9 nitrogen and oxygen atoms in total. The molecule has 0 atom stereocenters. The van der Waals surface area contributed by atoms with Crippen LogP contribution in [0.25, 0.3) is 11.5 Å². The number of hydrogen-bond donors (Lipinski definition) is 0. The van der Waals surface area contributed by atoms with E-state index in [0.717, 1.165) is 37.7 Å². The number of piperidine rings is 1. The van der Waals surface area contributed by atoms with Crippen LogP contribution in [0.1, 0.15) is 49.9 Å². The molecule has 9 heteroatoms. The Morgan fingerprint density at radius 2 is 1.93 bits per heavy atom. The minimum Gasteiger partial charge on any atom is -0.446 e. The molecule has 3 aliphatic rings. The van der Waals surface area contributed by atoms with Crippen LogP contribution in [-0.2, 0) is 9.47 Å². The summed E-state index contributed by atoms with van der Waals surface area (Å²) in [5.41, 5.74) is 0.653. The van der Waals surface area contributed by atoms with E-state index < -0.39 is 0 Å². The van der Waals surface area contributed by atoms with Gasteiger partial charge in [0.15, 0.2) is 5.82 Å². The van der Waals surface area contributed by atoms with Crippen molar-refractivity contribution in [2.45, 2.75) is 50.2 Å². The van der Waals surface area contributed by atoms with E-state index in [4.69, 9.17) is 14.0 Å². The van der Waals surface area contributed by atoms with E-state index in [-0.39, 0.29) is 29.7 Å². The van der Waals surface area contributed by atoms with Gasteiger partial charge in [-0.2, -0.15) is 4.98 Å². The average molecular weight is 400 g/mol. The van der Waals surface area contributed by atoms with E-state index in [2.05, 4.69) is 10.1 Å². The van der Waals surface area contributed by atoms with Gasteiger partial charge in [0, 0.05) is 31.3 Å². The van der Waals surface area contributed by atoms with Crippen LogP contribution >= 0.6 is 0 Å². The minimum atomic E-state index is -0.204. The Morgan fingerprint density at radius 3 is 2.59 bits per heavy atom. The van der Waals surface area contributed by atoms with Gasteiger partial charge in [0.25, 0.3) is 11.4 Å². The predicted molar refractivity (Wildman–Crippen MR) is 102 cm³/mol. The first-order chi connectivity index (χ1) is 14.2. The summed E-state index contributed by atoms with van der Waals surface area (Å²) in [5.74, 6) is 1.20. The Bertz CT molecular complexity index is 938. The number of nitrogens with zero attached hydrogens (tertiary/aromatic N) is 4. The third kappa shape index (κ3) is 3.66. The summed E-state index contributed by atoms with van der Waals surface area (Å²) >= 11 is 0. The van der Waals surface area contributed by atoms with Crippen molar-refractivity contribution in [3.8, 4) is 11.5 Å². The molecule has 0 bridgehead atoms. The summed E-state index contributed by atoms with van der Waals surface area (Å²) in [5, 5.41) is 4.16. The monoisotopic (exact) mass is 400 g/mol. The zero-order valence-corrected chi connectivity index (χ0v) is 16.2. The highest BCUT2D eigenvalue weighted by atomic mass is 16.6. The zero-order valence-electron chi connectivity index (χ0n) is 16.2. The highest BCUT2D eigenvalue weighted by Crippen LogP contribution is 2.29. The fourth-order valence-corrected chi connectivity index (χ4v) is 3.84. The van der Waals surface area contributed by atoms with Crippen molar-refractivity contribution in [3.05, 3.63) is 34.5 Å². The Labute approximate surface area is 167 Å². The van der Waals surface area contributed by atoms with Crippen molar-refractivity contribution in [1.29, 1.82) is 0 Å². The largest absolute Gasteiger partial charge is 0.446 e. The van der Waals surface area contributed by atoms with Crippen LogP contribution < -0.4 is 5.56 Å². The van der Waals surface area contributed by atoms with Crippen molar-refractivity contribution in [3.63, 3.8) is 0 Å². The number of hydrogen-bond acceptors (Lipinski definition) is 7. The number of amides is 1. The second kappa shape index (κ2) is 7.62. The van der Waals surface area contributed by atoms with Crippen LogP contribution in [0, 0.1) is 0 Å². The smallest absolute Gasteiger partial charge is 0.410 e. The minimum absolute atomic E-state index is 0.0638. The van der Waals surface area contributed by atoms with Gasteiger partial charge in [-0.25, -0.2) is 4.79 Å². The number of rotatable bonds is 4. The van der Waals surface area contributed by atoms with Crippen LogP contribution in [0.5, 0.6) is 0 Å². The first kappa shape index (κ1) is 18.4. The normalized spacial score (nSPS) is 20.9. The summed E-state index contributed by atoms with van der Waals surface area (Å²) in [6.07, 6.45) is 6.32. The molecule has 1 aliphatic carbocycles. The van der Waals surface area contributed by atoms with E-state index in [9.17, 15) is 9.59 Å². The molecular weight excluding hydrogens is 376 g/mol. The summed E-state index contributed by atoms with van der Waals surface area (Å²) in [6.45, 7) is 2.35. The van der Waals surface area contributed by atoms with E-state index in [1.54, 1.807) is 21.7 Å². The lowest BCUT2D eigenvalue weighted by molar-refractivity contribution is -0.0247. The number of ether oxygens (including phenoxy) is 2. The maximum absolute atomic E-state index is 12.2. The molecule has 1 saturated carbocycles. The first-order valence-electron chi connectivity index (χ1n) is 10.3. The molecule has 2 aromatic heterocycles. The standard InChI is InChI=1S/C20H24N4O5/c25-17-5-4-14(10-24(17)15-11-27-12-15)19-21-18(22-29-19)13-6-8-23(9-7-13)20(26)28-16-2-1-3-16/h4-5,10,13,15-16H,1-3,6-9,11-12H2. The summed E-state index contributed by atoms with van der Waals surface area (Å²) < 4.78 is 17.8. The average Bonchev–Trinajstić information content (AvgIpc) is 3.15. The lowest BCUT2D eigenvalue weighted by Crippen LogP contribution is -2.41. The van der Waals surface area contributed by atoms with Crippen LogP contribution in [-0.4, -0.2) is 58.1 Å². The predicted octanol–water partition coefficient (Wildman–Crippen LogP) is 2.34. The molecule has 2 aliphatic heterocycles. The van der Waals surface area contributed by atoms with E-state index in [0.29, 0.717) is 38.0 Å². The molecule has 0 N–H and O–H groups in total.